The summed E-state index contributed by atoms with van der Waals surface area (Å²) in [6.45, 7) is 5.55. The standard InChI is InChI=1S/C14H17N3O3S/c1-10-6-12(13(18)19)17(7-10)8-11-9-21-14(15-11)16-2-4-20-5-3-16/h6-7,9H,2-5,8H2,1H3,(H,18,19). The van der Waals surface area contributed by atoms with Gasteiger partial charge < -0.3 is 19.3 Å². The average Bonchev–Trinajstić information content (AvgIpc) is 3.07. The Balaban J connectivity index is 1.76. The lowest BCUT2D eigenvalue weighted by atomic mass is 10.3. The Morgan fingerprint density at radius 1 is 1.48 bits per heavy atom. The van der Waals surface area contributed by atoms with Gasteiger partial charge in [-0.1, -0.05) is 0 Å². The summed E-state index contributed by atoms with van der Waals surface area (Å²) in [7, 11) is 0. The Kier molecular flexibility index (Phi) is 3.94. The number of hydrogen-bond acceptors (Lipinski definition) is 5. The average molecular weight is 307 g/mol. The number of aromatic nitrogens is 2. The van der Waals surface area contributed by atoms with Crippen LogP contribution in [-0.4, -0.2) is 46.9 Å². The lowest BCUT2D eigenvalue weighted by Crippen LogP contribution is -2.36. The maximum Gasteiger partial charge on any atom is 0.352 e. The molecule has 1 fully saturated rings. The first-order chi connectivity index (χ1) is 10.1. The van der Waals surface area contributed by atoms with E-state index in [1.54, 1.807) is 22.0 Å². The first-order valence-electron chi connectivity index (χ1n) is 6.80. The van der Waals surface area contributed by atoms with Gasteiger partial charge in [-0.3, -0.25) is 0 Å². The molecule has 0 aromatic carbocycles. The molecule has 0 atom stereocenters. The van der Waals surface area contributed by atoms with Crippen LogP contribution >= 0.6 is 11.3 Å². The Hall–Kier alpha value is -1.86. The van der Waals surface area contributed by atoms with Crippen LogP contribution in [0.3, 0.4) is 0 Å². The van der Waals surface area contributed by atoms with Gasteiger partial charge in [-0.25, -0.2) is 9.78 Å². The van der Waals surface area contributed by atoms with E-state index >= 15 is 0 Å². The molecule has 112 valence electrons. The van der Waals surface area contributed by atoms with E-state index in [1.165, 1.54) is 0 Å². The summed E-state index contributed by atoms with van der Waals surface area (Å²) in [5.41, 5.74) is 2.13. The van der Waals surface area contributed by atoms with Gasteiger partial charge >= 0.3 is 5.97 Å². The lowest BCUT2D eigenvalue weighted by Gasteiger charge is -2.26. The number of hydrogen-bond donors (Lipinski definition) is 1. The monoisotopic (exact) mass is 307 g/mol. The van der Waals surface area contributed by atoms with Crippen LogP contribution in [0.4, 0.5) is 5.13 Å². The molecule has 0 saturated carbocycles. The maximum absolute atomic E-state index is 11.2. The molecule has 21 heavy (non-hydrogen) atoms. The number of aryl methyl sites for hydroxylation is 1. The van der Waals surface area contributed by atoms with E-state index in [9.17, 15) is 9.90 Å². The summed E-state index contributed by atoms with van der Waals surface area (Å²) in [5, 5.41) is 12.2. The van der Waals surface area contributed by atoms with Crippen LogP contribution in [0, 0.1) is 6.92 Å². The van der Waals surface area contributed by atoms with E-state index in [-0.39, 0.29) is 0 Å². The summed E-state index contributed by atoms with van der Waals surface area (Å²) in [5.74, 6) is -0.910. The first-order valence-corrected chi connectivity index (χ1v) is 7.68. The second-order valence-electron chi connectivity index (χ2n) is 5.06. The molecule has 2 aromatic heterocycles. The summed E-state index contributed by atoms with van der Waals surface area (Å²) in [4.78, 5) is 18.0. The molecular formula is C14H17N3O3S. The number of ether oxygens (including phenoxy) is 1. The van der Waals surface area contributed by atoms with E-state index in [2.05, 4.69) is 9.88 Å². The predicted octanol–water partition coefficient (Wildman–Crippen LogP) is 1.84. The largest absolute Gasteiger partial charge is 0.477 e. The number of rotatable bonds is 4. The molecule has 7 heteroatoms. The highest BCUT2D eigenvalue weighted by molar-refractivity contribution is 7.13. The van der Waals surface area contributed by atoms with E-state index in [0.717, 1.165) is 42.7 Å². The number of thiazole rings is 1. The van der Waals surface area contributed by atoms with Crippen molar-refractivity contribution in [3.63, 3.8) is 0 Å². The minimum Gasteiger partial charge on any atom is -0.477 e. The molecular weight excluding hydrogens is 290 g/mol. The fraction of sp³-hybridized carbons (Fsp3) is 0.429. The zero-order valence-electron chi connectivity index (χ0n) is 11.8. The molecule has 0 aliphatic carbocycles. The van der Waals surface area contributed by atoms with Gasteiger partial charge in [-0.15, -0.1) is 11.3 Å². The van der Waals surface area contributed by atoms with Gasteiger partial charge in [0.25, 0.3) is 0 Å². The molecule has 6 nitrogen and oxygen atoms in total. The predicted molar refractivity (Wildman–Crippen MR) is 80.4 cm³/mol. The van der Waals surface area contributed by atoms with Crippen molar-refractivity contribution in [2.45, 2.75) is 13.5 Å². The van der Waals surface area contributed by atoms with Crippen molar-refractivity contribution in [3.8, 4) is 0 Å². The third kappa shape index (κ3) is 3.08. The molecule has 0 spiro atoms. The first kappa shape index (κ1) is 14.1. The molecule has 1 aliphatic heterocycles. The molecule has 0 amide bonds. The summed E-state index contributed by atoms with van der Waals surface area (Å²) in [6.07, 6.45) is 1.84. The van der Waals surface area contributed by atoms with Crippen LogP contribution in [0.1, 0.15) is 21.7 Å². The molecule has 0 radical (unpaired) electrons. The van der Waals surface area contributed by atoms with Gasteiger partial charge in [0, 0.05) is 24.7 Å². The van der Waals surface area contributed by atoms with Gasteiger partial charge in [0.05, 0.1) is 25.5 Å². The van der Waals surface area contributed by atoms with Crippen molar-refractivity contribution < 1.29 is 14.6 Å². The number of aromatic carboxylic acids is 1. The van der Waals surface area contributed by atoms with Crippen molar-refractivity contribution in [2.75, 3.05) is 31.2 Å². The third-order valence-electron chi connectivity index (χ3n) is 3.41. The summed E-state index contributed by atoms with van der Waals surface area (Å²) >= 11 is 1.59. The zero-order valence-corrected chi connectivity index (χ0v) is 12.6. The smallest absolute Gasteiger partial charge is 0.352 e. The van der Waals surface area contributed by atoms with Crippen LogP contribution in [0.2, 0.25) is 0 Å². The maximum atomic E-state index is 11.2. The lowest BCUT2D eigenvalue weighted by molar-refractivity contribution is 0.0685. The number of carboxylic acid groups (broad SMARTS) is 1. The van der Waals surface area contributed by atoms with Gasteiger partial charge in [0.1, 0.15) is 5.69 Å². The van der Waals surface area contributed by atoms with Gasteiger partial charge in [-0.05, 0) is 18.6 Å². The summed E-state index contributed by atoms with van der Waals surface area (Å²) < 4.78 is 7.07. The van der Waals surface area contributed by atoms with Gasteiger partial charge in [0.15, 0.2) is 5.13 Å². The molecule has 1 saturated heterocycles. The number of nitrogens with zero attached hydrogens (tertiary/aromatic N) is 3. The van der Waals surface area contributed by atoms with Crippen LogP contribution in [-0.2, 0) is 11.3 Å². The van der Waals surface area contributed by atoms with E-state index < -0.39 is 5.97 Å². The van der Waals surface area contributed by atoms with Crippen molar-refractivity contribution in [1.29, 1.82) is 0 Å². The topological polar surface area (TPSA) is 67.6 Å². The van der Waals surface area contributed by atoms with Crippen LogP contribution < -0.4 is 4.90 Å². The normalized spacial score (nSPS) is 15.4. The number of carboxylic acids is 1. The number of anilines is 1. The summed E-state index contributed by atoms with van der Waals surface area (Å²) in [6, 6.07) is 1.68. The fourth-order valence-electron chi connectivity index (χ4n) is 2.41. The van der Waals surface area contributed by atoms with Crippen molar-refractivity contribution in [3.05, 3.63) is 34.6 Å². The van der Waals surface area contributed by atoms with Crippen LogP contribution in [0.15, 0.2) is 17.6 Å². The Morgan fingerprint density at radius 2 is 2.24 bits per heavy atom. The molecule has 1 aliphatic rings. The molecule has 3 heterocycles. The van der Waals surface area contributed by atoms with Crippen molar-refractivity contribution >= 4 is 22.4 Å². The highest BCUT2D eigenvalue weighted by atomic mass is 32.1. The molecule has 0 unspecified atom stereocenters. The van der Waals surface area contributed by atoms with Crippen molar-refractivity contribution in [2.24, 2.45) is 0 Å². The second-order valence-corrected chi connectivity index (χ2v) is 5.89. The third-order valence-corrected chi connectivity index (χ3v) is 4.36. The highest BCUT2D eigenvalue weighted by Crippen LogP contribution is 2.22. The van der Waals surface area contributed by atoms with E-state index in [4.69, 9.17) is 4.74 Å². The SMILES string of the molecule is Cc1cc(C(=O)O)n(Cc2csc(N3CCOCC3)n2)c1. The van der Waals surface area contributed by atoms with Crippen LogP contribution in [0.5, 0.6) is 0 Å². The van der Waals surface area contributed by atoms with E-state index in [0.29, 0.717) is 12.2 Å². The molecule has 1 N–H and O–H groups in total. The number of carbonyl (C=O) groups is 1. The molecule has 0 bridgehead atoms. The minimum absolute atomic E-state index is 0.299. The van der Waals surface area contributed by atoms with Gasteiger partial charge in [0.2, 0.25) is 0 Å². The second kappa shape index (κ2) is 5.87. The zero-order chi connectivity index (χ0) is 14.8. The molecule has 3 rings (SSSR count). The Bertz CT molecular complexity index is 644. The Labute approximate surface area is 126 Å². The van der Waals surface area contributed by atoms with Crippen LogP contribution in [0.25, 0.3) is 0 Å². The van der Waals surface area contributed by atoms with Gasteiger partial charge in [-0.2, -0.15) is 0 Å². The fourth-order valence-corrected chi connectivity index (χ4v) is 3.28. The highest BCUT2D eigenvalue weighted by Gasteiger charge is 2.16. The molecule has 2 aromatic rings. The van der Waals surface area contributed by atoms with Crippen molar-refractivity contribution in [1.82, 2.24) is 9.55 Å². The number of morpholine rings is 1. The Morgan fingerprint density at radius 3 is 2.95 bits per heavy atom. The quantitative estimate of drug-likeness (QED) is 0.933. The minimum atomic E-state index is -0.910. The van der Waals surface area contributed by atoms with E-state index in [1.807, 2.05) is 18.5 Å².